The largest absolute Gasteiger partial charge is 0.385 e. The summed E-state index contributed by atoms with van der Waals surface area (Å²) in [5, 5.41) is 0. The Morgan fingerprint density at radius 2 is 1.87 bits per heavy atom. The number of hydrogen-bond acceptors (Lipinski definition) is 5. The summed E-state index contributed by atoms with van der Waals surface area (Å²) in [5.41, 5.74) is 0.838. The number of ether oxygens (including phenoxy) is 1. The molecule has 1 N–H and O–H groups in total. The summed E-state index contributed by atoms with van der Waals surface area (Å²) >= 11 is 0. The summed E-state index contributed by atoms with van der Waals surface area (Å²) < 4.78 is 56.3. The average molecular weight is 364 g/mol. The summed E-state index contributed by atoms with van der Waals surface area (Å²) in [4.78, 5) is 0.169. The first kappa shape index (κ1) is 20.0. The van der Waals surface area contributed by atoms with Gasteiger partial charge in [0.15, 0.2) is 0 Å². The topological polar surface area (TPSA) is 92.8 Å². The predicted octanol–water partition coefficient (Wildman–Crippen LogP) is 0.571. The normalized spacial score (nSPS) is 12.7. The van der Waals surface area contributed by atoms with Gasteiger partial charge in [-0.15, -0.1) is 0 Å². The SMILES string of the molecule is COCCCN(CCNS(=O)(=O)c1cccc(C)c1)S(C)(=O)=O. The van der Waals surface area contributed by atoms with E-state index in [1.165, 1.54) is 10.4 Å². The highest BCUT2D eigenvalue weighted by Gasteiger charge is 2.18. The van der Waals surface area contributed by atoms with E-state index in [9.17, 15) is 16.8 Å². The van der Waals surface area contributed by atoms with Crippen molar-refractivity contribution in [2.75, 3.05) is 39.6 Å². The Kier molecular flexibility index (Phi) is 7.62. The lowest BCUT2D eigenvalue weighted by Crippen LogP contribution is -2.38. The molecular weight excluding hydrogens is 340 g/mol. The zero-order chi connectivity index (χ0) is 17.5. The maximum atomic E-state index is 12.2. The Balaban J connectivity index is 2.65. The second kappa shape index (κ2) is 8.74. The lowest BCUT2D eigenvalue weighted by Gasteiger charge is -2.20. The number of methoxy groups -OCH3 is 1. The first-order valence-electron chi connectivity index (χ1n) is 7.17. The summed E-state index contributed by atoms with van der Waals surface area (Å²) in [6.45, 7) is 2.63. The van der Waals surface area contributed by atoms with Gasteiger partial charge in [0.2, 0.25) is 20.0 Å². The van der Waals surface area contributed by atoms with Crippen LogP contribution in [0.3, 0.4) is 0 Å². The van der Waals surface area contributed by atoms with Gasteiger partial charge < -0.3 is 4.74 Å². The van der Waals surface area contributed by atoms with Crippen molar-refractivity contribution in [1.29, 1.82) is 0 Å². The molecule has 9 heteroatoms. The molecule has 0 atom stereocenters. The Morgan fingerprint density at radius 3 is 2.43 bits per heavy atom. The van der Waals surface area contributed by atoms with E-state index >= 15 is 0 Å². The Hall–Kier alpha value is -1.00. The molecular formula is C14H24N2O5S2. The molecule has 132 valence electrons. The van der Waals surface area contributed by atoms with Gasteiger partial charge in [0, 0.05) is 33.4 Å². The third-order valence-electron chi connectivity index (χ3n) is 3.18. The van der Waals surface area contributed by atoms with E-state index < -0.39 is 20.0 Å². The summed E-state index contributed by atoms with van der Waals surface area (Å²) in [6.07, 6.45) is 1.66. The highest BCUT2D eigenvalue weighted by Crippen LogP contribution is 2.10. The number of benzene rings is 1. The van der Waals surface area contributed by atoms with Crippen LogP contribution in [0.5, 0.6) is 0 Å². The maximum absolute atomic E-state index is 12.2. The maximum Gasteiger partial charge on any atom is 0.240 e. The molecule has 1 aromatic rings. The first-order valence-corrected chi connectivity index (χ1v) is 10.5. The van der Waals surface area contributed by atoms with Crippen molar-refractivity contribution in [1.82, 2.24) is 9.03 Å². The van der Waals surface area contributed by atoms with Crippen LogP contribution in [0.4, 0.5) is 0 Å². The van der Waals surface area contributed by atoms with Crippen LogP contribution in [-0.4, -0.2) is 60.7 Å². The second-order valence-electron chi connectivity index (χ2n) is 5.22. The van der Waals surface area contributed by atoms with Crippen molar-refractivity contribution in [3.8, 4) is 0 Å². The van der Waals surface area contributed by atoms with Crippen LogP contribution >= 0.6 is 0 Å². The van der Waals surface area contributed by atoms with E-state index in [4.69, 9.17) is 4.74 Å². The molecule has 0 aromatic heterocycles. The molecule has 7 nitrogen and oxygen atoms in total. The van der Waals surface area contributed by atoms with E-state index in [0.29, 0.717) is 19.6 Å². The monoisotopic (exact) mass is 364 g/mol. The Morgan fingerprint density at radius 1 is 1.17 bits per heavy atom. The first-order chi connectivity index (χ1) is 10.7. The van der Waals surface area contributed by atoms with Crippen LogP contribution < -0.4 is 4.72 Å². The molecule has 0 aliphatic rings. The van der Waals surface area contributed by atoms with Gasteiger partial charge >= 0.3 is 0 Å². The summed E-state index contributed by atoms with van der Waals surface area (Å²) in [6, 6.07) is 6.54. The molecule has 0 aliphatic carbocycles. The van der Waals surface area contributed by atoms with Gasteiger partial charge in [-0.25, -0.2) is 25.9 Å². The fraction of sp³-hybridized carbons (Fsp3) is 0.571. The van der Waals surface area contributed by atoms with Gasteiger partial charge in [0.25, 0.3) is 0 Å². The molecule has 0 radical (unpaired) electrons. The smallest absolute Gasteiger partial charge is 0.240 e. The van der Waals surface area contributed by atoms with E-state index in [1.807, 2.05) is 0 Å². The molecule has 0 unspecified atom stereocenters. The Labute approximate surface area is 138 Å². The molecule has 0 saturated heterocycles. The van der Waals surface area contributed by atoms with Crippen molar-refractivity contribution in [2.24, 2.45) is 0 Å². The van der Waals surface area contributed by atoms with Crippen LogP contribution in [0.1, 0.15) is 12.0 Å². The molecule has 0 aliphatic heterocycles. The number of nitrogens with zero attached hydrogens (tertiary/aromatic N) is 1. The van der Waals surface area contributed by atoms with Gasteiger partial charge in [-0.1, -0.05) is 12.1 Å². The molecule has 0 amide bonds. The molecule has 0 spiro atoms. The van der Waals surface area contributed by atoms with Gasteiger partial charge in [0.05, 0.1) is 11.2 Å². The van der Waals surface area contributed by atoms with Crippen LogP contribution in [0.2, 0.25) is 0 Å². The molecule has 0 heterocycles. The van der Waals surface area contributed by atoms with Crippen molar-refractivity contribution < 1.29 is 21.6 Å². The van der Waals surface area contributed by atoms with Gasteiger partial charge in [-0.3, -0.25) is 0 Å². The lowest BCUT2D eigenvalue weighted by molar-refractivity contribution is 0.187. The van der Waals surface area contributed by atoms with E-state index in [0.717, 1.165) is 11.8 Å². The van der Waals surface area contributed by atoms with Gasteiger partial charge in [0.1, 0.15) is 0 Å². The summed E-state index contributed by atoms with van der Waals surface area (Å²) in [7, 11) is -5.49. The number of aryl methyl sites for hydroxylation is 1. The van der Waals surface area contributed by atoms with Crippen LogP contribution in [0.15, 0.2) is 29.2 Å². The van der Waals surface area contributed by atoms with Crippen molar-refractivity contribution in [3.05, 3.63) is 29.8 Å². The quantitative estimate of drug-likeness (QED) is 0.613. The van der Waals surface area contributed by atoms with E-state index in [2.05, 4.69) is 4.72 Å². The minimum absolute atomic E-state index is 0.0102. The van der Waals surface area contributed by atoms with Crippen LogP contribution in [0, 0.1) is 6.92 Å². The minimum Gasteiger partial charge on any atom is -0.385 e. The summed E-state index contributed by atoms with van der Waals surface area (Å²) in [5.74, 6) is 0. The van der Waals surface area contributed by atoms with E-state index in [1.54, 1.807) is 32.2 Å². The number of rotatable bonds is 10. The number of nitrogens with one attached hydrogen (secondary N) is 1. The standard InChI is InChI=1S/C14H24N2O5S2/c1-13-6-4-7-14(12-13)23(19,20)15-8-10-16(22(3,17)18)9-5-11-21-2/h4,6-7,12,15H,5,8-11H2,1-3H3. The van der Waals surface area contributed by atoms with E-state index in [-0.39, 0.29) is 18.0 Å². The molecule has 0 saturated carbocycles. The van der Waals surface area contributed by atoms with Gasteiger partial charge in [-0.2, -0.15) is 0 Å². The molecule has 23 heavy (non-hydrogen) atoms. The average Bonchev–Trinajstić information content (AvgIpc) is 2.44. The number of hydrogen-bond donors (Lipinski definition) is 1. The molecule has 1 aromatic carbocycles. The fourth-order valence-electron chi connectivity index (χ4n) is 2.00. The van der Waals surface area contributed by atoms with Crippen LogP contribution in [-0.2, 0) is 24.8 Å². The van der Waals surface area contributed by atoms with Crippen molar-refractivity contribution in [3.63, 3.8) is 0 Å². The zero-order valence-corrected chi connectivity index (χ0v) is 15.3. The van der Waals surface area contributed by atoms with Gasteiger partial charge in [-0.05, 0) is 31.0 Å². The highest BCUT2D eigenvalue weighted by molar-refractivity contribution is 7.89. The highest BCUT2D eigenvalue weighted by atomic mass is 32.2. The predicted molar refractivity (Wildman–Crippen MR) is 89.3 cm³/mol. The third kappa shape index (κ3) is 6.96. The molecule has 0 fully saturated rings. The molecule has 1 rings (SSSR count). The lowest BCUT2D eigenvalue weighted by atomic mass is 10.2. The number of sulfonamides is 2. The Bertz CT molecular complexity index is 702. The minimum atomic E-state index is -3.65. The fourth-order valence-corrected chi connectivity index (χ4v) is 4.01. The zero-order valence-electron chi connectivity index (χ0n) is 13.6. The van der Waals surface area contributed by atoms with Crippen LogP contribution in [0.25, 0.3) is 0 Å². The van der Waals surface area contributed by atoms with Crippen molar-refractivity contribution in [2.45, 2.75) is 18.2 Å². The second-order valence-corrected chi connectivity index (χ2v) is 8.97. The van der Waals surface area contributed by atoms with Crippen molar-refractivity contribution >= 4 is 20.0 Å². The third-order valence-corrected chi connectivity index (χ3v) is 5.94. The molecule has 0 bridgehead atoms.